The lowest BCUT2D eigenvalue weighted by Crippen LogP contribution is -2.38. The summed E-state index contributed by atoms with van der Waals surface area (Å²) in [6, 6.07) is 15.8. The third-order valence-corrected chi connectivity index (χ3v) is 6.73. The van der Waals surface area contributed by atoms with Crippen molar-refractivity contribution in [2.24, 2.45) is 0 Å². The molecule has 1 saturated carbocycles. The predicted octanol–water partition coefficient (Wildman–Crippen LogP) is 4.95. The number of fused-ring (bicyclic) bond motifs is 1. The number of carbonyl (C=O) groups is 1. The van der Waals surface area contributed by atoms with E-state index >= 15 is 0 Å². The molecule has 0 bridgehead atoms. The number of aromatic amines is 1. The molecule has 1 aliphatic carbocycles. The van der Waals surface area contributed by atoms with Gasteiger partial charge in [-0.2, -0.15) is 0 Å². The normalized spacial score (nSPS) is 17.4. The van der Waals surface area contributed by atoms with Crippen molar-refractivity contribution in [2.45, 2.75) is 44.8 Å². The molecule has 2 heterocycles. The number of esters is 1. The standard InChI is InChI=1S/C28H34N2O5/c31-28(33-16-13-30-11-14-32-15-12-30)26-19-24-25(29-26)17-23(35-22-9-5-2-6-10-22)18-27(24)34-20-21-7-3-1-4-8-21/h1,3-4,7-8,17-19,22,29H,2,5-6,9-16,20H2. The third kappa shape index (κ3) is 6.35. The third-order valence-electron chi connectivity index (χ3n) is 6.73. The van der Waals surface area contributed by atoms with Gasteiger partial charge >= 0.3 is 5.97 Å². The van der Waals surface area contributed by atoms with E-state index in [9.17, 15) is 4.79 Å². The van der Waals surface area contributed by atoms with Crippen molar-refractivity contribution < 1.29 is 23.7 Å². The molecule has 2 aromatic carbocycles. The Labute approximate surface area is 206 Å². The summed E-state index contributed by atoms with van der Waals surface area (Å²) in [5.74, 6) is 1.10. The molecule has 7 nitrogen and oxygen atoms in total. The molecule has 7 heteroatoms. The summed E-state index contributed by atoms with van der Waals surface area (Å²) < 4.78 is 23.5. The zero-order chi connectivity index (χ0) is 23.9. The van der Waals surface area contributed by atoms with Crippen LogP contribution in [-0.2, 0) is 16.1 Å². The van der Waals surface area contributed by atoms with Crippen LogP contribution in [0.4, 0.5) is 0 Å². The van der Waals surface area contributed by atoms with E-state index in [0.717, 1.165) is 61.4 Å². The van der Waals surface area contributed by atoms with Gasteiger partial charge < -0.3 is 23.9 Å². The summed E-state index contributed by atoms with van der Waals surface area (Å²) in [4.78, 5) is 18.3. The first-order chi connectivity index (χ1) is 17.2. The second kappa shape index (κ2) is 11.6. The number of morpholine rings is 1. The van der Waals surface area contributed by atoms with Crippen LogP contribution >= 0.6 is 0 Å². The Hall–Kier alpha value is -3.03. The number of nitrogens with zero attached hydrogens (tertiary/aromatic N) is 1. The number of hydrogen-bond donors (Lipinski definition) is 1. The van der Waals surface area contributed by atoms with Gasteiger partial charge in [-0.1, -0.05) is 36.8 Å². The van der Waals surface area contributed by atoms with Crippen LogP contribution in [0, 0.1) is 0 Å². The second-order valence-corrected chi connectivity index (χ2v) is 9.31. The molecule has 2 aliphatic rings. The van der Waals surface area contributed by atoms with E-state index in [2.05, 4.69) is 9.88 Å². The molecular formula is C28H34N2O5. The van der Waals surface area contributed by atoms with Crippen LogP contribution in [0.1, 0.15) is 48.2 Å². The maximum Gasteiger partial charge on any atom is 0.354 e. The zero-order valence-corrected chi connectivity index (χ0v) is 20.2. The maximum atomic E-state index is 12.8. The molecule has 35 heavy (non-hydrogen) atoms. The lowest BCUT2D eigenvalue weighted by atomic mass is 9.98. The molecule has 0 atom stereocenters. The molecule has 1 N–H and O–H groups in total. The highest BCUT2D eigenvalue weighted by Gasteiger charge is 2.19. The highest BCUT2D eigenvalue weighted by Crippen LogP contribution is 2.34. The van der Waals surface area contributed by atoms with E-state index in [1.54, 1.807) is 0 Å². The Morgan fingerprint density at radius 1 is 1.03 bits per heavy atom. The van der Waals surface area contributed by atoms with Crippen molar-refractivity contribution in [1.82, 2.24) is 9.88 Å². The van der Waals surface area contributed by atoms with Crippen molar-refractivity contribution in [3.05, 3.63) is 59.8 Å². The number of aromatic nitrogens is 1. The minimum Gasteiger partial charge on any atom is -0.490 e. The van der Waals surface area contributed by atoms with Gasteiger partial charge in [-0.3, -0.25) is 4.90 Å². The molecule has 1 aliphatic heterocycles. The molecule has 1 aromatic heterocycles. The van der Waals surface area contributed by atoms with Crippen LogP contribution in [0.5, 0.6) is 11.5 Å². The smallest absolute Gasteiger partial charge is 0.354 e. The molecule has 0 radical (unpaired) electrons. The molecule has 2 fully saturated rings. The zero-order valence-electron chi connectivity index (χ0n) is 20.2. The molecule has 5 rings (SSSR count). The van der Waals surface area contributed by atoms with Crippen LogP contribution in [0.2, 0.25) is 0 Å². The van der Waals surface area contributed by atoms with Crippen LogP contribution in [0.25, 0.3) is 10.9 Å². The minimum absolute atomic E-state index is 0.225. The van der Waals surface area contributed by atoms with E-state index < -0.39 is 0 Å². The van der Waals surface area contributed by atoms with Crippen LogP contribution in [0.15, 0.2) is 48.5 Å². The van der Waals surface area contributed by atoms with Gasteiger partial charge in [-0.05, 0) is 37.3 Å². The van der Waals surface area contributed by atoms with Gasteiger partial charge in [-0.25, -0.2) is 4.79 Å². The van der Waals surface area contributed by atoms with Gasteiger partial charge in [0.25, 0.3) is 0 Å². The molecule has 0 spiro atoms. The Morgan fingerprint density at radius 2 is 1.83 bits per heavy atom. The molecule has 0 unspecified atom stereocenters. The SMILES string of the molecule is O=C(OCCN1CCOCC1)c1cc2c(OCc3ccccc3)cc(OC3CCCCC3)cc2[nH]1. The highest BCUT2D eigenvalue weighted by atomic mass is 16.5. The lowest BCUT2D eigenvalue weighted by molar-refractivity contribution is 0.0193. The summed E-state index contributed by atoms with van der Waals surface area (Å²) in [6.07, 6.45) is 6.05. The summed E-state index contributed by atoms with van der Waals surface area (Å²) in [5.41, 5.74) is 2.31. The summed E-state index contributed by atoms with van der Waals surface area (Å²) in [7, 11) is 0. The number of H-pyrrole nitrogens is 1. The fourth-order valence-corrected chi connectivity index (χ4v) is 4.76. The average Bonchev–Trinajstić information content (AvgIpc) is 3.34. The van der Waals surface area contributed by atoms with Crippen molar-refractivity contribution in [1.29, 1.82) is 0 Å². The van der Waals surface area contributed by atoms with Crippen molar-refractivity contribution in [3.8, 4) is 11.5 Å². The molecule has 186 valence electrons. The van der Waals surface area contributed by atoms with Gasteiger partial charge in [0.15, 0.2) is 0 Å². The Balaban J connectivity index is 1.31. The number of rotatable bonds is 9. The highest BCUT2D eigenvalue weighted by molar-refractivity contribution is 5.97. The first kappa shape index (κ1) is 23.7. The number of benzene rings is 2. The monoisotopic (exact) mass is 478 g/mol. The van der Waals surface area contributed by atoms with E-state index in [4.69, 9.17) is 18.9 Å². The Bertz CT molecular complexity index is 1100. The van der Waals surface area contributed by atoms with Gasteiger partial charge in [0.05, 0.1) is 24.8 Å². The summed E-state index contributed by atoms with van der Waals surface area (Å²) in [6.45, 7) is 4.70. The molecule has 0 amide bonds. The largest absolute Gasteiger partial charge is 0.490 e. The predicted molar refractivity (Wildman–Crippen MR) is 134 cm³/mol. The average molecular weight is 479 g/mol. The van der Waals surface area contributed by atoms with E-state index in [1.165, 1.54) is 19.3 Å². The fourth-order valence-electron chi connectivity index (χ4n) is 4.76. The second-order valence-electron chi connectivity index (χ2n) is 9.31. The number of nitrogens with one attached hydrogen (secondary N) is 1. The van der Waals surface area contributed by atoms with Crippen LogP contribution in [-0.4, -0.2) is 61.4 Å². The summed E-state index contributed by atoms with van der Waals surface area (Å²) >= 11 is 0. The van der Waals surface area contributed by atoms with E-state index in [0.29, 0.717) is 31.2 Å². The van der Waals surface area contributed by atoms with E-state index in [1.807, 2.05) is 48.5 Å². The van der Waals surface area contributed by atoms with Crippen molar-refractivity contribution in [2.75, 3.05) is 39.5 Å². The molecule has 3 aromatic rings. The number of hydrogen-bond acceptors (Lipinski definition) is 6. The first-order valence-electron chi connectivity index (χ1n) is 12.7. The lowest BCUT2D eigenvalue weighted by Gasteiger charge is -2.26. The van der Waals surface area contributed by atoms with E-state index in [-0.39, 0.29) is 12.1 Å². The van der Waals surface area contributed by atoms with Crippen molar-refractivity contribution in [3.63, 3.8) is 0 Å². The van der Waals surface area contributed by atoms with Crippen molar-refractivity contribution >= 4 is 16.9 Å². The fraction of sp³-hybridized carbons (Fsp3) is 0.464. The van der Waals surface area contributed by atoms with Crippen LogP contribution < -0.4 is 9.47 Å². The van der Waals surface area contributed by atoms with Gasteiger partial charge in [0.2, 0.25) is 0 Å². The molecule has 1 saturated heterocycles. The Kier molecular flexibility index (Phi) is 7.85. The van der Waals surface area contributed by atoms with Gasteiger partial charge in [0, 0.05) is 37.2 Å². The number of ether oxygens (including phenoxy) is 4. The van der Waals surface area contributed by atoms with Gasteiger partial charge in [0.1, 0.15) is 30.4 Å². The maximum absolute atomic E-state index is 12.8. The quantitative estimate of drug-likeness (QED) is 0.439. The minimum atomic E-state index is -0.363. The van der Waals surface area contributed by atoms with Crippen LogP contribution in [0.3, 0.4) is 0 Å². The number of carbonyl (C=O) groups excluding carboxylic acids is 1. The summed E-state index contributed by atoms with van der Waals surface area (Å²) in [5, 5.41) is 0.844. The van der Waals surface area contributed by atoms with Gasteiger partial charge in [-0.15, -0.1) is 0 Å². The topological polar surface area (TPSA) is 73.0 Å². The molecular weight excluding hydrogens is 444 g/mol. The first-order valence-corrected chi connectivity index (χ1v) is 12.7. The Morgan fingerprint density at radius 3 is 2.63 bits per heavy atom.